The maximum atomic E-state index is 11.3. The van der Waals surface area contributed by atoms with Crippen LogP contribution in [0, 0.1) is 13.8 Å². The van der Waals surface area contributed by atoms with Gasteiger partial charge in [-0.05, 0) is 48.2 Å². The second-order valence-electron chi connectivity index (χ2n) is 6.26. The maximum Gasteiger partial charge on any atom is 0.310 e. The van der Waals surface area contributed by atoms with Gasteiger partial charge in [0.05, 0.1) is 0 Å². The van der Waals surface area contributed by atoms with Crippen LogP contribution in [0.15, 0.2) is 59.0 Å². The summed E-state index contributed by atoms with van der Waals surface area (Å²) >= 11 is 0. The van der Waals surface area contributed by atoms with Crippen LogP contribution < -0.4 is 10.8 Å². The summed E-state index contributed by atoms with van der Waals surface area (Å²) in [4.78, 5) is 11.3. The highest BCUT2D eigenvalue weighted by atomic mass is 16.5. The molecule has 5 heteroatoms. The molecule has 0 aliphatic heterocycles. The molecule has 1 heterocycles. The first kappa shape index (κ1) is 17.9. The maximum absolute atomic E-state index is 11.3. The Kier molecular flexibility index (Phi) is 5.51. The number of hydroxylamine groups is 1. The van der Waals surface area contributed by atoms with Gasteiger partial charge in [-0.1, -0.05) is 42.5 Å². The van der Waals surface area contributed by atoms with Gasteiger partial charge in [-0.3, -0.25) is 10.0 Å². The fourth-order valence-corrected chi connectivity index (χ4v) is 2.80. The molecule has 0 radical (unpaired) electrons. The van der Waals surface area contributed by atoms with Crippen LogP contribution in [-0.2, 0) is 13.1 Å². The van der Waals surface area contributed by atoms with Gasteiger partial charge in [-0.25, -0.2) is 5.48 Å². The molecule has 26 heavy (non-hydrogen) atoms. The molecule has 1 aromatic heterocycles. The van der Waals surface area contributed by atoms with Crippen LogP contribution in [0.1, 0.15) is 32.8 Å². The Labute approximate surface area is 152 Å². The number of carbonyl (C=O) groups excluding carboxylic acids is 1. The molecule has 1 amide bonds. The van der Waals surface area contributed by atoms with Crippen LogP contribution >= 0.6 is 0 Å². The topological polar surface area (TPSA) is 74.5 Å². The highest BCUT2D eigenvalue weighted by molar-refractivity contribution is 5.91. The molecule has 0 saturated heterocycles. The summed E-state index contributed by atoms with van der Waals surface area (Å²) in [5.74, 6) is -0.0104. The van der Waals surface area contributed by atoms with Gasteiger partial charge in [0.15, 0.2) is 5.76 Å². The Morgan fingerprint density at radius 3 is 2.50 bits per heavy atom. The monoisotopic (exact) mass is 350 g/mol. The van der Waals surface area contributed by atoms with E-state index in [1.54, 1.807) is 11.5 Å². The van der Waals surface area contributed by atoms with Gasteiger partial charge in [0.1, 0.15) is 5.76 Å². The Hall–Kier alpha value is -2.89. The first-order valence-electron chi connectivity index (χ1n) is 8.48. The van der Waals surface area contributed by atoms with E-state index in [1.165, 1.54) is 28.3 Å². The van der Waals surface area contributed by atoms with E-state index < -0.39 is 5.91 Å². The molecule has 3 aromatic rings. The third-order valence-electron chi connectivity index (χ3n) is 4.53. The van der Waals surface area contributed by atoms with Crippen LogP contribution in [0.2, 0.25) is 0 Å². The number of amides is 1. The third-order valence-corrected chi connectivity index (χ3v) is 4.53. The molecule has 0 bridgehead atoms. The van der Waals surface area contributed by atoms with Gasteiger partial charge in [-0.15, -0.1) is 0 Å². The van der Waals surface area contributed by atoms with Gasteiger partial charge in [0.2, 0.25) is 0 Å². The van der Waals surface area contributed by atoms with Gasteiger partial charge in [0, 0.05) is 18.7 Å². The van der Waals surface area contributed by atoms with Crippen molar-refractivity contribution in [1.29, 1.82) is 0 Å². The van der Waals surface area contributed by atoms with Crippen LogP contribution in [-0.4, -0.2) is 11.1 Å². The summed E-state index contributed by atoms with van der Waals surface area (Å²) in [6, 6.07) is 17.6. The van der Waals surface area contributed by atoms with Crippen LogP contribution in [0.25, 0.3) is 11.3 Å². The second kappa shape index (κ2) is 7.99. The van der Waals surface area contributed by atoms with Crippen molar-refractivity contribution in [3.05, 3.63) is 82.6 Å². The molecule has 3 N–H and O–H groups in total. The summed E-state index contributed by atoms with van der Waals surface area (Å²) in [7, 11) is 0. The third kappa shape index (κ3) is 4.02. The predicted molar refractivity (Wildman–Crippen MR) is 99.9 cm³/mol. The van der Waals surface area contributed by atoms with Crippen molar-refractivity contribution in [2.45, 2.75) is 26.9 Å². The van der Waals surface area contributed by atoms with E-state index in [-0.39, 0.29) is 5.76 Å². The minimum absolute atomic E-state index is 0.0711. The highest BCUT2D eigenvalue weighted by Gasteiger charge is 2.11. The zero-order valence-corrected chi connectivity index (χ0v) is 14.9. The van der Waals surface area contributed by atoms with Crippen molar-refractivity contribution >= 4 is 5.91 Å². The van der Waals surface area contributed by atoms with Crippen molar-refractivity contribution in [1.82, 2.24) is 10.8 Å². The summed E-state index contributed by atoms with van der Waals surface area (Å²) < 4.78 is 5.44. The van der Waals surface area contributed by atoms with Crippen molar-refractivity contribution in [3.63, 3.8) is 0 Å². The molecule has 0 aliphatic carbocycles. The van der Waals surface area contributed by atoms with E-state index in [9.17, 15) is 4.79 Å². The van der Waals surface area contributed by atoms with E-state index in [4.69, 9.17) is 9.62 Å². The first-order chi connectivity index (χ1) is 12.6. The number of benzene rings is 2. The van der Waals surface area contributed by atoms with Crippen LogP contribution in [0.5, 0.6) is 0 Å². The molecular weight excluding hydrogens is 328 g/mol. The number of aryl methyl sites for hydroxylation is 1. The molecule has 0 saturated carbocycles. The molecule has 2 aromatic carbocycles. The number of rotatable bonds is 6. The lowest BCUT2D eigenvalue weighted by atomic mass is 10.0. The minimum atomic E-state index is -0.663. The summed E-state index contributed by atoms with van der Waals surface area (Å²) in [6.07, 6.45) is 0. The number of nitrogens with one attached hydrogen (secondary N) is 2. The SMILES string of the molecule is Cc1cccc(CNCc2ccc(-c3ccc(C(=O)NO)o3)cc2)c1C. The zero-order valence-electron chi connectivity index (χ0n) is 14.9. The Morgan fingerprint density at radius 1 is 1.00 bits per heavy atom. The Balaban J connectivity index is 1.60. The van der Waals surface area contributed by atoms with Gasteiger partial charge < -0.3 is 9.73 Å². The van der Waals surface area contributed by atoms with E-state index >= 15 is 0 Å². The average Bonchev–Trinajstić information content (AvgIpc) is 3.15. The summed E-state index contributed by atoms with van der Waals surface area (Å²) in [6.45, 7) is 5.87. The predicted octanol–water partition coefficient (Wildman–Crippen LogP) is 3.97. The Bertz CT molecular complexity index is 898. The normalized spacial score (nSPS) is 10.7. The lowest BCUT2D eigenvalue weighted by Crippen LogP contribution is -2.17. The van der Waals surface area contributed by atoms with Crippen LogP contribution in [0.4, 0.5) is 0 Å². The van der Waals surface area contributed by atoms with Crippen molar-refractivity contribution in [2.75, 3.05) is 0 Å². The average molecular weight is 350 g/mol. The van der Waals surface area contributed by atoms with E-state index in [2.05, 4.69) is 37.4 Å². The largest absolute Gasteiger partial charge is 0.451 e. The Morgan fingerprint density at radius 2 is 1.77 bits per heavy atom. The fourth-order valence-electron chi connectivity index (χ4n) is 2.80. The van der Waals surface area contributed by atoms with Gasteiger partial charge in [0.25, 0.3) is 0 Å². The lowest BCUT2D eigenvalue weighted by Gasteiger charge is -2.10. The smallest absolute Gasteiger partial charge is 0.310 e. The first-order valence-corrected chi connectivity index (χ1v) is 8.48. The van der Waals surface area contributed by atoms with Crippen LogP contribution in [0.3, 0.4) is 0 Å². The highest BCUT2D eigenvalue weighted by Crippen LogP contribution is 2.22. The van der Waals surface area contributed by atoms with Crippen molar-refractivity contribution in [2.24, 2.45) is 0 Å². The van der Waals surface area contributed by atoms with E-state index in [1.807, 2.05) is 24.3 Å². The molecule has 3 rings (SSSR count). The quantitative estimate of drug-likeness (QED) is 0.464. The number of carbonyl (C=O) groups is 1. The fraction of sp³-hybridized carbons (Fsp3) is 0.190. The number of hydrogen-bond acceptors (Lipinski definition) is 4. The molecular formula is C21H22N2O3. The molecule has 0 atom stereocenters. The molecule has 134 valence electrons. The number of hydrogen-bond donors (Lipinski definition) is 3. The molecule has 0 unspecified atom stereocenters. The van der Waals surface area contributed by atoms with Crippen molar-refractivity contribution in [3.8, 4) is 11.3 Å². The molecule has 0 aliphatic rings. The molecule has 0 fully saturated rings. The molecule has 0 spiro atoms. The summed E-state index contributed by atoms with van der Waals surface area (Å²) in [5.41, 5.74) is 7.55. The van der Waals surface area contributed by atoms with Crippen molar-refractivity contribution < 1.29 is 14.4 Å². The standard InChI is InChI=1S/C21H22N2O3/c1-14-4-3-5-18(15(14)2)13-22-12-16-6-8-17(9-7-16)19-10-11-20(26-19)21(24)23-25/h3-11,22,25H,12-13H2,1-2H3,(H,23,24). The zero-order chi connectivity index (χ0) is 18.5. The lowest BCUT2D eigenvalue weighted by molar-refractivity contribution is 0.0677. The van der Waals surface area contributed by atoms with Gasteiger partial charge in [-0.2, -0.15) is 0 Å². The second-order valence-corrected chi connectivity index (χ2v) is 6.26. The minimum Gasteiger partial charge on any atom is -0.451 e. The summed E-state index contributed by atoms with van der Waals surface area (Å²) in [5, 5.41) is 12.1. The molecule has 5 nitrogen and oxygen atoms in total. The van der Waals surface area contributed by atoms with E-state index in [0.29, 0.717) is 5.76 Å². The van der Waals surface area contributed by atoms with Gasteiger partial charge >= 0.3 is 5.91 Å². The number of furan rings is 1. The van der Waals surface area contributed by atoms with E-state index in [0.717, 1.165) is 18.7 Å².